The van der Waals surface area contributed by atoms with Gasteiger partial charge in [-0.2, -0.15) is 0 Å². The highest BCUT2D eigenvalue weighted by Gasteiger charge is 2.03. The molecule has 0 aliphatic carbocycles. The summed E-state index contributed by atoms with van der Waals surface area (Å²) >= 11 is 3.39. The first-order chi connectivity index (χ1) is 7.65. The van der Waals surface area contributed by atoms with Gasteiger partial charge < -0.3 is 15.5 Å². The number of hydrogen-bond donors (Lipinski definition) is 2. The summed E-state index contributed by atoms with van der Waals surface area (Å²) < 4.78 is 6.33. The molecule has 4 nitrogen and oxygen atoms in total. The molecule has 0 unspecified atom stereocenters. The van der Waals surface area contributed by atoms with Crippen molar-refractivity contribution in [2.24, 2.45) is 0 Å². The van der Waals surface area contributed by atoms with Gasteiger partial charge >= 0.3 is 0 Å². The summed E-state index contributed by atoms with van der Waals surface area (Å²) in [6, 6.07) is 5.66. The van der Waals surface area contributed by atoms with Crippen molar-refractivity contribution < 1.29 is 4.42 Å². The quantitative estimate of drug-likeness (QED) is 0.849. The Kier molecular flexibility index (Phi) is 3.14. The average molecular weight is 282 g/mol. The molecular formula is C11H12BrN3O. The zero-order chi connectivity index (χ0) is 11.5. The van der Waals surface area contributed by atoms with Gasteiger partial charge in [-0.3, -0.25) is 0 Å². The monoisotopic (exact) mass is 281 g/mol. The second kappa shape index (κ2) is 4.57. The van der Waals surface area contributed by atoms with Gasteiger partial charge in [0.05, 0.1) is 24.1 Å². The van der Waals surface area contributed by atoms with Crippen molar-refractivity contribution in [3.8, 4) is 0 Å². The zero-order valence-corrected chi connectivity index (χ0v) is 10.4. The molecule has 5 heteroatoms. The lowest BCUT2D eigenvalue weighted by atomic mass is 10.3. The number of anilines is 2. The van der Waals surface area contributed by atoms with Crippen molar-refractivity contribution in [2.75, 3.05) is 11.1 Å². The molecule has 1 aromatic heterocycles. The van der Waals surface area contributed by atoms with E-state index >= 15 is 0 Å². The molecule has 16 heavy (non-hydrogen) atoms. The topological polar surface area (TPSA) is 64.1 Å². The molecule has 0 saturated heterocycles. The van der Waals surface area contributed by atoms with Crippen LogP contribution < -0.4 is 11.1 Å². The number of nitrogens with zero attached hydrogens (tertiary/aromatic N) is 1. The normalized spacial score (nSPS) is 10.4. The first-order valence-corrected chi connectivity index (χ1v) is 5.64. The van der Waals surface area contributed by atoms with E-state index in [2.05, 4.69) is 26.2 Å². The third-order valence-electron chi connectivity index (χ3n) is 2.11. The molecule has 2 aromatic rings. The number of hydrogen-bond acceptors (Lipinski definition) is 4. The molecule has 0 radical (unpaired) electrons. The van der Waals surface area contributed by atoms with Crippen molar-refractivity contribution in [3.05, 3.63) is 40.5 Å². The Morgan fingerprint density at radius 1 is 1.50 bits per heavy atom. The number of benzene rings is 1. The number of nitrogens with one attached hydrogen (secondary N) is 1. The SMILES string of the molecule is Cc1cnc(CNc2cc(Br)ccc2N)o1. The van der Waals surface area contributed by atoms with E-state index in [1.54, 1.807) is 6.20 Å². The number of nitrogen functional groups attached to an aromatic ring is 1. The molecule has 2 rings (SSSR count). The molecule has 0 amide bonds. The van der Waals surface area contributed by atoms with E-state index in [1.165, 1.54) is 0 Å². The maximum Gasteiger partial charge on any atom is 0.213 e. The van der Waals surface area contributed by atoms with Gasteiger partial charge in [-0.1, -0.05) is 15.9 Å². The predicted octanol–water partition coefficient (Wildman–Crippen LogP) is 2.94. The van der Waals surface area contributed by atoms with E-state index in [4.69, 9.17) is 10.2 Å². The smallest absolute Gasteiger partial charge is 0.213 e. The number of rotatable bonds is 3. The van der Waals surface area contributed by atoms with Crippen LogP contribution in [0.3, 0.4) is 0 Å². The molecule has 0 spiro atoms. The second-order valence-electron chi connectivity index (χ2n) is 3.45. The fourth-order valence-electron chi connectivity index (χ4n) is 1.34. The van der Waals surface area contributed by atoms with E-state index in [0.717, 1.165) is 15.9 Å². The lowest BCUT2D eigenvalue weighted by Gasteiger charge is -2.07. The molecule has 0 aliphatic rings. The fraction of sp³-hybridized carbons (Fsp3) is 0.182. The Morgan fingerprint density at radius 3 is 3.00 bits per heavy atom. The molecule has 0 fully saturated rings. The largest absolute Gasteiger partial charge is 0.444 e. The van der Waals surface area contributed by atoms with Gasteiger partial charge in [0.1, 0.15) is 5.76 Å². The third-order valence-corrected chi connectivity index (χ3v) is 2.61. The summed E-state index contributed by atoms with van der Waals surface area (Å²) in [6.45, 7) is 2.39. The molecule has 0 bridgehead atoms. The Labute approximate surface area is 102 Å². The van der Waals surface area contributed by atoms with Crippen molar-refractivity contribution in [3.63, 3.8) is 0 Å². The Hall–Kier alpha value is -1.49. The van der Waals surface area contributed by atoms with Gasteiger partial charge in [-0.15, -0.1) is 0 Å². The van der Waals surface area contributed by atoms with Crippen LogP contribution >= 0.6 is 15.9 Å². The minimum atomic E-state index is 0.522. The van der Waals surface area contributed by atoms with Gasteiger partial charge in [0.2, 0.25) is 5.89 Å². The van der Waals surface area contributed by atoms with Gasteiger partial charge in [0.25, 0.3) is 0 Å². The number of nitrogens with two attached hydrogens (primary N) is 1. The highest BCUT2D eigenvalue weighted by atomic mass is 79.9. The molecule has 0 saturated carbocycles. The summed E-state index contributed by atoms with van der Waals surface area (Å²) in [6.07, 6.45) is 1.70. The first kappa shape index (κ1) is 11.0. The Bertz CT molecular complexity index is 496. The summed E-state index contributed by atoms with van der Waals surface area (Å²) in [5.74, 6) is 1.45. The molecule has 0 atom stereocenters. The minimum absolute atomic E-state index is 0.522. The van der Waals surface area contributed by atoms with Crippen LogP contribution in [-0.4, -0.2) is 4.98 Å². The third kappa shape index (κ3) is 2.55. The lowest BCUT2D eigenvalue weighted by molar-refractivity contribution is 0.479. The van der Waals surface area contributed by atoms with Gasteiger partial charge in [0.15, 0.2) is 0 Å². The lowest BCUT2D eigenvalue weighted by Crippen LogP contribution is -2.02. The molecule has 84 valence electrons. The number of halogens is 1. The van der Waals surface area contributed by atoms with Crippen LogP contribution in [0.15, 0.2) is 33.3 Å². The van der Waals surface area contributed by atoms with E-state index in [1.807, 2.05) is 25.1 Å². The molecule has 1 heterocycles. The number of aromatic nitrogens is 1. The van der Waals surface area contributed by atoms with Crippen LogP contribution in [0.2, 0.25) is 0 Å². The fourth-order valence-corrected chi connectivity index (χ4v) is 1.70. The summed E-state index contributed by atoms with van der Waals surface area (Å²) in [5, 5.41) is 3.17. The molecular weight excluding hydrogens is 270 g/mol. The maximum absolute atomic E-state index is 5.82. The van der Waals surface area contributed by atoms with E-state index in [-0.39, 0.29) is 0 Å². The van der Waals surface area contributed by atoms with Crippen LogP contribution in [-0.2, 0) is 6.54 Å². The van der Waals surface area contributed by atoms with E-state index in [0.29, 0.717) is 18.1 Å². The first-order valence-electron chi connectivity index (χ1n) is 4.85. The molecule has 3 N–H and O–H groups in total. The minimum Gasteiger partial charge on any atom is -0.444 e. The van der Waals surface area contributed by atoms with E-state index in [9.17, 15) is 0 Å². The van der Waals surface area contributed by atoms with Crippen molar-refractivity contribution in [2.45, 2.75) is 13.5 Å². The average Bonchev–Trinajstić information content (AvgIpc) is 2.66. The molecule has 1 aromatic carbocycles. The summed E-state index contributed by atoms with van der Waals surface area (Å²) in [4.78, 5) is 4.10. The van der Waals surface area contributed by atoms with E-state index < -0.39 is 0 Å². The number of aryl methyl sites for hydroxylation is 1. The molecule has 0 aliphatic heterocycles. The van der Waals surface area contributed by atoms with Crippen LogP contribution in [0.1, 0.15) is 11.7 Å². The van der Waals surface area contributed by atoms with Crippen LogP contribution in [0.5, 0.6) is 0 Å². The highest BCUT2D eigenvalue weighted by molar-refractivity contribution is 9.10. The van der Waals surface area contributed by atoms with Crippen LogP contribution in [0.25, 0.3) is 0 Å². The highest BCUT2D eigenvalue weighted by Crippen LogP contribution is 2.23. The van der Waals surface area contributed by atoms with Gasteiger partial charge in [0, 0.05) is 4.47 Å². The summed E-state index contributed by atoms with van der Waals surface area (Å²) in [5.41, 5.74) is 7.39. The van der Waals surface area contributed by atoms with Crippen molar-refractivity contribution in [1.29, 1.82) is 0 Å². The number of oxazole rings is 1. The maximum atomic E-state index is 5.82. The van der Waals surface area contributed by atoms with Crippen LogP contribution in [0, 0.1) is 6.92 Å². The zero-order valence-electron chi connectivity index (χ0n) is 8.83. The van der Waals surface area contributed by atoms with Crippen LogP contribution in [0.4, 0.5) is 11.4 Å². The summed E-state index contributed by atoms with van der Waals surface area (Å²) in [7, 11) is 0. The van der Waals surface area contributed by atoms with Gasteiger partial charge in [-0.05, 0) is 25.1 Å². The standard InChI is InChI=1S/C11H12BrN3O/c1-7-5-15-11(16-7)6-14-10-4-8(12)2-3-9(10)13/h2-5,14H,6,13H2,1H3. The Balaban J connectivity index is 2.07. The van der Waals surface area contributed by atoms with Crippen molar-refractivity contribution >= 4 is 27.3 Å². The van der Waals surface area contributed by atoms with Gasteiger partial charge in [-0.25, -0.2) is 4.98 Å². The van der Waals surface area contributed by atoms with Crippen molar-refractivity contribution in [1.82, 2.24) is 4.98 Å². The predicted molar refractivity (Wildman–Crippen MR) is 67.1 cm³/mol. The second-order valence-corrected chi connectivity index (χ2v) is 4.37. The Morgan fingerprint density at radius 2 is 2.31 bits per heavy atom.